The minimum atomic E-state index is -0.649. The number of carbonyl (C=O) groups is 1. The predicted octanol–water partition coefficient (Wildman–Crippen LogP) is 5.32. The van der Waals surface area contributed by atoms with Crippen LogP contribution in [0, 0.1) is 20.8 Å². The Kier molecular flexibility index (Phi) is 4.86. The molecule has 0 unspecified atom stereocenters. The highest BCUT2D eigenvalue weighted by Crippen LogP contribution is 2.43. The fraction of sp³-hybridized carbons (Fsp3) is 0.240. The summed E-state index contributed by atoms with van der Waals surface area (Å²) in [5.41, 5.74) is 3.13. The highest BCUT2D eigenvalue weighted by atomic mass is 32.1. The zero-order valence-corrected chi connectivity index (χ0v) is 19.1. The number of anilines is 1. The zero-order valence-electron chi connectivity index (χ0n) is 18.3. The van der Waals surface area contributed by atoms with Crippen molar-refractivity contribution in [3.05, 3.63) is 85.7 Å². The smallest absolute Gasteiger partial charge is 0.297 e. The molecule has 0 saturated heterocycles. The lowest BCUT2D eigenvalue weighted by Crippen LogP contribution is -2.29. The third-order valence-corrected chi connectivity index (χ3v) is 6.81. The van der Waals surface area contributed by atoms with Gasteiger partial charge in [0.2, 0.25) is 5.76 Å². The van der Waals surface area contributed by atoms with E-state index in [0.717, 1.165) is 21.7 Å². The second-order valence-corrected chi connectivity index (χ2v) is 9.08. The van der Waals surface area contributed by atoms with Gasteiger partial charge in [0.1, 0.15) is 11.3 Å². The molecule has 2 aromatic heterocycles. The molecule has 32 heavy (non-hydrogen) atoms. The Bertz CT molecular complexity index is 1420. The van der Waals surface area contributed by atoms with Crippen molar-refractivity contribution >= 4 is 33.3 Å². The Morgan fingerprint density at radius 1 is 1.12 bits per heavy atom. The summed E-state index contributed by atoms with van der Waals surface area (Å²) in [4.78, 5) is 34.5. The number of hydrogen-bond acceptors (Lipinski definition) is 6. The number of fused-ring (bicyclic) bond motifs is 2. The van der Waals surface area contributed by atoms with Gasteiger partial charge in [0.05, 0.1) is 29.3 Å². The Balaban J connectivity index is 1.80. The minimum absolute atomic E-state index is 0.0728. The molecule has 0 radical (unpaired) electrons. The molecule has 162 valence electrons. The number of carbonyl (C=O) groups excluding carboxylic acids is 1. The van der Waals surface area contributed by atoms with Crippen LogP contribution in [0.5, 0.6) is 5.75 Å². The largest absolute Gasteiger partial charge is 0.494 e. The normalized spacial score (nSPS) is 15.4. The lowest BCUT2D eigenvalue weighted by molar-refractivity contribution is 0.0971. The maximum atomic E-state index is 13.7. The molecule has 1 aliphatic heterocycles. The van der Waals surface area contributed by atoms with Crippen molar-refractivity contribution in [2.75, 3.05) is 11.5 Å². The van der Waals surface area contributed by atoms with Crippen LogP contribution in [-0.2, 0) is 0 Å². The van der Waals surface area contributed by atoms with Crippen LogP contribution in [0.4, 0.5) is 5.13 Å². The summed E-state index contributed by atoms with van der Waals surface area (Å²) in [6.45, 7) is 8.24. The van der Waals surface area contributed by atoms with Crippen molar-refractivity contribution in [1.29, 1.82) is 0 Å². The number of hydrogen-bond donors (Lipinski definition) is 0. The monoisotopic (exact) mass is 446 g/mol. The van der Waals surface area contributed by atoms with Gasteiger partial charge in [-0.1, -0.05) is 23.8 Å². The van der Waals surface area contributed by atoms with Crippen molar-refractivity contribution in [2.24, 2.45) is 0 Å². The van der Waals surface area contributed by atoms with E-state index in [9.17, 15) is 9.59 Å². The van der Waals surface area contributed by atoms with Crippen LogP contribution in [-0.4, -0.2) is 17.5 Å². The average Bonchev–Trinajstić information content (AvgIpc) is 3.25. The van der Waals surface area contributed by atoms with E-state index >= 15 is 0 Å². The van der Waals surface area contributed by atoms with Gasteiger partial charge in [-0.3, -0.25) is 14.5 Å². The summed E-state index contributed by atoms with van der Waals surface area (Å²) in [7, 11) is 0. The summed E-state index contributed by atoms with van der Waals surface area (Å²) >= 11 is 1.43. The maximum absolute atomic E-state index is 13.7. The molecule has 3 heterocycles. The van der Waals surface area contributed by atoms with Crippen LogP contribution < -0.4 is 15.1 Å². The number of thiazole rings is 1. The van der Waals surface area contributed by atoms with Gasteiger partial charge in [-0.15, -0.1) is 11.3 Å². The topological polar surface area (TPSA) is 72.6 Å². The number of rotatable bonds is 4. The first kappa shape index (κ1) is 20.5. The first-order valence-corrected chi connectivity index (χ1v) is 11.3. The molecule has 1 atom stereocenters. The summed E-state index contributed by atoms with van der Waals surface area (Å²) in [6.07, 6.45) is 0. The van der Waals surface area contributed by atoms with E-state index in [2.05, 4.69) is 4.98 Å². The Morgan fingerprint density at radius 3 is 2.66 bits per heavy atom. The SMILES string of the molecule is CCOc1cccc([C@@H]2c3c(oc4ccc(C)cc4c3=O)C(=O)N2c2nc(C)c(C)s2)c1. The molecule has 7 heteroatoms. The first-order chi connectivity index (χ1) is 15.4. The van der Waals surface area contributed by atoms with E-state index < -0.39 is 6.04 Å². The van der Waals surface area contributed by atoms with Gasteiger partial charge >= 0.3 is 0 Å². The number of amides is 1. The lowest BCUT2D eigenvalue weighted by atomic mass is 9.98. The van der Waals surface area contributed by atoms with Gasteiger partial charge in [-0.05, 0) is 57.5 Å². The minimum Gasteiger partial charge on any atom is -0.494 e. The second-order valence-electron chi connectivity index (χ2n) is 7.89. The highest BCUT2D eigenvalue weighted by Gasteiger charge is 2.45. The Hall–Kier alpha value is -3.45. The van der Waals surface area contributed by atoms with Gasteiger partial charge in [0, 0.05) is 4.88 Å². The van der Waals surface area contributed by atoms with E-state index in [4.69, 9.17) is 9.15 Å². The first-order valence-electron chi connectivity index (χ1n) is 10.5. The summed E-state index contributed by atoms with van der Waals surface area (Å²) in [6, 6.07) is 12.3. The van der Waals surface area contributed by atoms with Crippen molar-refractivity contribution < 1.29 is 13.9 Å². The Labute approximate surface area is 189 Å². The van der Waals surface area contributed by atoms with Gasteiger partial charge in [0.15, 0.2) is 10.6 Å². The number of ether oxygens (including phenoxy) is 1. The molecule has 0 spiro atoms. The number of benzene rings is 2. The van der Waals surface area contributed by atoms with E-state index in [1.165, 1.54) is 11.3 Å². The summed E-state index contributed by atoms with van der Waals surface area (Å²) in [5.74, 6) is 0.391. The predicted molar refractivity (Wildman–Crippen MR) is 125 cm³/mol. The maximum Gasteiger partial charge on any atom is 0.297 e. The molecule has 0 saturated carbocycles. The van der Waals surface area contributed by atoms with Crippen LogP contribution >= 0.6 is 11.3 Å². The molecule has 1 amide bonds. The van der Waals surface area contributed by atoms with Crippen molar-refractivity contribution in [2.45, 2.75) is 33.7 Å². The molecule has 1 aliphatic rings. The zero-order chi connectivity index (χ0) is 22.6. The van der Waals surface area contributed by atoms with Crippen LogP contribution in [0.15, 0.2) is 51.7 Å². The fourth-order valence-electron chi connectivity index (χ4n) is 4.10. The van der Waals surface area contributed by atoms with Crippen LogP contribution in [0.1, 0.15) is 50.8 Å². The molecule has 0 aliphatic carbocycles. The molecule has 5 rings (SSSR count). The Morgan fingerprint density at radius 2 is 1.94 bits per heavy atom. The standard InChI is InChI=1S/C25H22N2O4S/c1-5-30-17-8-6-7-16(12-17)21-20-22(28)18-11-13(2)9-10-19(18)31-23(20)24(29)27(21)25-26-14(3)15(4)32-25/h6-12,21H,5H2,1-4H3/t21-/m1/s1. The summed E-state index contributed by atoms with van der Waals surface area (Å²) < 4.78 is 11.7. The van der Waals surface area contributed by atoms with Crippen molar-refractivity contribution in [1.82, 2.24) is 4.98 Å². The molecule has 0 bridgehead atoms. The lowest BCUT2D eigenvalue weighted by Gasteiger charge is -2.23. The van der Waals surface area contributed by atoms with Crippen LogP contribution in [0.2, 0.25) is 0 Å². The number of aromatic nitrogens is 1. The van der Waals surface area contributed by atoms with Gasteiger partial charge in [-0.25, -0.2) is 4.98 Å². The van der Waals surface area contributed by atoms with E-state index in [0.29, 0.717) is 34.0 Å². The molecule has 6 nitrogen and oxygen atoms in total. The molecule has 0 fully saturated rings. The third kappa shape index (κ3) is 3.12. The van der Waals surface area contributed by atoms with Crippen LogP contribution in [0.25, 0.3) is 11.0 Å². The van der Waals surface area contributed by atoms with Gasteiger partial charge in [-0.2, -0.15) is 0 Å². The number of aryl methyl sites for hydroxylation is 3. The van der Waals surface area contributed by atoms with E-state index in [1.54, 1.807) is 17.0 Å². The van der Waals surface area contributed by atoms with E-state index in [-0.39, 0.29) is 17.1 Å². The highest BCUT2D eigenvalue weighted by molar-refractivity contribution is 7.15. The molecular weight excluding hydrogens is 424 g/mol. The van der Waals surface area contributed by atoms with Crippen molar-refractivity contribution in [3.8, 4) is 5.75 Å². The van der Waals surface area contributed by atoms with Gasteiger partial charge in [0.25, 0.3) is 5.91 Å². The molecule has 2 aromatic carbocycles. The average molecular weight is 447 g/mol. The van der Waals surface area contributed by atoms with Crippen molar-refractivity contribution in [3.63, 3.8) is 0 Å². The quantitative estimate of drug-likeness (QED) is 0.424. The van der Waals surface area contributed by atoms with E-state index in [1.807, 2.05) is 58.0 Å². The molecule has 0 N–H and O–H groups in total. The third-order valence-electron chi connectivity index (χ3n) is 5.73. The number of nitrogens with zero attached hydrogens (tertiary/aromatic N) is 2. The second kappa shape index (κ2) is 7.60. The van der Waals surface area contributed by atoms with Crippen LogP contribution in [0.3, 0.4) is 0 Å². The summed E-state index contributed by atoms with van der Waals surface area (Å²) in [5, 5.41) is 1.01. The fourth-order valence-corrected chi connectivity index (χ4v) is 5.04. The van der Waals surface area contributed by atoms with Gasteiger partial charge < -0.3 is 9.15 Å². The molecule has 4 aromatic rings. The molecular formula is C25H22N2O4S.